The number of sulfonamides is 1. The van der Waals surface area contributed by atoms with Gasteiger partial charge in [0.25, 0.3) is 10.0 Å². The Kier molecular flexibility index (Phi) is 4.66. The molecule has 0 unspecified atom stereocenters. The number of carboxylic acid groups (broad SMARTS) is 1. The number of hydrogen-bond donors (Lipinski definition) is 3. The van der Waals surface area contributed by atoms with E-state index in [-0.39, 0.29) is 22.0 Å². The van der Waals surface area contributed by atoms with Gasteiger partial charge in [0.1, 0.15) is 5.82 Å². The van der Waals surface area contributed by atoms with Crippen LogP contribution in [0.4, 0.5) is 11.4 Å². The fraction of sp³-hybridized carbons (Fsp3) is 0.231. The fourth-order valence-electron chi connectivity index (χ4n) is 2.01. The zero-order valence-corrected chi connectivity index (χ0v) is 14.8. The van der Waals surface area contributed by atoms with E-state index in [2.05, 4.69) is 25.6 Å². The van der Waals surface area contributed by atoms with Crippen LogP contribution in [0.25, 0.3) is 0 Å². The molecule has 0 aliphatic rings. The SMILES string of the molecule is CCn1cc(S(=O)(=O)Nc2cc(Br)cc(C(=O)O)c2N)nc1C. The maximum absolute atomic E-state index is 12.4. The van der Waals surface area contributed by atoms with Gasteiger partial charge in [-0.15, -0.1) is 0 Å². The van der Waals surface area contributed by atoms with Crippen molar-refractivity contribution in [3.8, 4) is 0 Å². The molecule has 0 radical (unpaired) electrons. The Hall–Kier alpha value is -2.07. The maximum Gasteiger partial charge on any atom is 0.337 e. The first-order chi connectivity index (χ1) is 10.7. The van der Waals surface area contributed by atoms with E-state index in [9.17, 15) is 13.2 Å². The van der Waals surface area contributed by atoms with E-state index in [4.69, 9.17) is 10.8 Å². The predicted molar refractivity (Wildman–Crippen MR) is 89.0 cm³/mol. The van der Waals surface area contributed by atoms with Crippen LogP contribution >= 0.6 is 15.9 Å². The first-order valence-electron chi connectivity index (χ1n) is 6.54. The van der Waals surface area contributed by atoms with Crippen molar-refractivity contribution in [3.63, 3.8) is 0 Å². The molecular formula is C13H15BrN4O4S. The van der Waals surface area contributed by atoms with Gasteiger partial charge in [0.2, 0.25) is 0 Å². The predicted octanol–water partition coefficient (Wildman–Crippen LogP) is 2.06. The molecule has 4 N–H and O–H groups in total. The third kappa shape index (κ3) is 3.48. The van der Waals surface area contributed by atoms with Crippen LogP contribution in [-0.2, 0) is 16.6 Å². The number of carbonyl (C=O) groups is 1. The van der Waals surface area contributed by atoms with Crippen molar-refractivity contribution in [1.82, 2.24) is 9.55 Å². The topological polar surface area (TPSA) is 127 Å². The van der Waals surface area contributed by atoms with Crippen LogP contribution in [0.1, 0.15) is 23.1 Å². The number of imidazole rings is 1. The number of nitrogens with one attached hydrogen (secondary N) is 1. The van der Waals surface area contributed by atoms with E-state index in [1.807, 2.05) is 6.92 Å². The summed E-state index contributed by atoms with van der Waals surface area (Å²) in [5, 5.41) is 8.95. The van der Waals surface area contributed by atoms with Crippen LogP contribution in [0.5, 0.6) is 0 Å². The molecule has 124 valence electrons. The van der Waals surface area contributed by atoms with Crippen molar-refractivity contribution in [2.24, 2.45) is 0 Å². The molecule has 0 saturated carbocycles. The minimum Gasteiger partial charge on any atom is -0.478 e. The molecule has 10 heteroatoms. The summed E-state index contributed by atoms with van der Waals surface area (Å²) in [6.45, 7) is 4.14. The number of hydrogen-bond acceptors (Lipinski definition) is 5. The van der Waals surface area contributed by atoms with E-state index in [1.165, 1.54) is 18.3 Å². The second-order valence-electron chi connectivity index (χ2n) is 4.74. The first kappa shape index (κ1) is 17.3. The monoisotopic (exact) mass is 402 g/mol. The van der Waals surface area contributed by atoms with Crippen LogP contribution in [0.15, 0.2) is 27.8 Å². The van der Waals surface area contributed by atoms with E-state index in [1.54, 1.807) is 11.5 Å². The Morgan fingerprint density at radius 2 is 2.13 bits per heavy atom. The van der Waals surface area contributed by atoms with Gasteiger partial charge in [-0.3, -0.25) is 4.72 Å². The zero-order chi connectivity index (χ0) is 17.4. The molecular weight excluding hydrogens is 388 g/mol. The Morgan fingerprint density at radius 3 is 2.65 bits per heavy atom. The smallest absolute Gasteiger partial charge is 0.337 e. The molecule has 0 bridgehead atoms. The summed E-state index contributed by atoms with van der Waals surface area (Å²) < 4.78 is 29.2. The Bertz CT molecular complexity index is 876. The number of rotatable bonds is 5. The van der Waals surface area contributed by atoms with Crippen LogP contribution in [0, 0.1) is 6.92 Å². The van der Waals surface area contributed by atoms with Crippen LogP contribution < -0.4 is 10.5 Å². The first-order valence-corrected chi connectivity index (χ1v) is 8.82. The summed E-state index contributed by atoms with van der Waals surface area (Å²) in [7, 11) is -3.98. The lowest BCUT2D eigenvalue weighted by atomic mass is 10.1. The fourth-order valence-corrected chi connectivity index (χ4v) is 3.54. The molecule has 1 aromatic heterocycles. The number of nitrogens with two attached hydrogens (primary N) is 1. The third-order valence-corrected chi connectivity index (χ3v) is 4.88. The second kappa shape index (κ2) is 6.20. The summed E-state index contributed by atoms with van der Waals surface area (Å²) in [4.78, 5) is 15.2. The molecule has 0 saturated heterocycles. The van der Waals surface area contributed by atoms with Crippen LogP contribution in [0.3, 0.4) is 0 Å². The summed E-state index contributed by atoms with van der Waals surface area (Å²) in [5.41, 5.74) is 5.35. The molecule has 0 aliphatic carbocycles. The van der Waals surface area contributed by atoms with E-state index >= 15 is 0 Å². The molecule has 0 amide bonds. The highest BCUT2D eigenvalue weighted by atomic mass is 79.9. The number of benzene rings is 1. The largest absolute Gasteiger partial charge is 0.478 e. The van der Waals surface area contributed by atoms with Crippen LogP contribution in [0.2, 0.25) is 0 Å². The van der Waals surface area contributed by atoms with Gasteiger partial charge in [0, 0.05) is 17.2 Å². The van der Waals surface area contributed by atoms with E-state index < -0.39 is 16.0 Å². The maximum atomic E-state index is 12.4. The molecule has 0 spiro atoms. The van der Waals surface area contributed by atoms with Gasteiger partial charge in [-0.05, 0) is 26.0 Å². The van der Waals surface area contributed by atoms with Crippen molar-refractivity contribution < 1.29 is 18.3 Å². The summed E-state index contributed by atoms with van der Waals surface area (Å²) in [6, 6.07) is 2.69. The van der Waals surface area contributed by atoms with Gasteiger partial charge < -0.3 is 15.4 Å². The van der Waals surface area contributed by atoms with Gasteiger partial charge in [-0.25, -0.2) is 9.78 Å². The molecule has 1 heterocycles. The van der Waals surface area contributed by atoms with Gasteiger partial charge in [-0.2, -0.15) is 8.42 Å². The average Bonchev–Trinajstić information content (AvgIpc) is 2.84. The van der Waals surface area contributed by atoms with Crippen molar-refractivity contribution in [2.75, 3.05) is 10.5 Å². The number of anilines is 2. The Morgan fingerprint density at radius 1 is 1.48 bits per heavy atom. The minimum absolute atomic E-state index is 0.0273. The van der Waals surface area contributed by atoms with E-state index in [0.717, 1.165) is 0 Å². The average molecular weight is 403 g/mol. The molecule has 8 nitrogen and oxygen atoms in total. The third-order valence-electron chi connectivity index (χ3n) is 3.19. The van der Waals surface area contributed by atoms with Crippen molar-refractivity contribution in [2.45, 2.75) is 25.4 Å². The summed E-state index contributed by atoms with van der Waals surface area (Å²) >= 11 is 3.13. The van der Waals surface area contributed by atoms with Crippen molar-refractivity contribution in [3.05, 3.63) is 34.2 Å². The Labute approximate surface area is 141 Å². The highest BCUT2D eigenvalue weighted by Crippen LogP contribution is 2.30. The van der Waals surface area contributed by atoms with Gasteiger partial charge in [-0.1, -0.05) is 15.9 Å². The molecule has 0 atom stereocenters. The number of halogens is 1. The number of nitrogens with zero attached hydrogens (tertiary/aromatic N) is 2. The van der Waals surface area contributed by atoms with Crippen molar-refractivity contribution >= 4 is 43.3 Å². The summed E-state index contributed by atoms with van der Waals surface area (Å²) in [5.74, 6) is -0.698. The Balaban J connectivity index is 2.47. The normalized spacial score (nSPS) is 11.4. The lowest BCUT2D eigenvalue weighted by Crippen LogP contribution is -2.16. The minimum atomic E-state index is -3.98. The number of carboxylic acids is 1. The van der Waals surface area contributed by atoms with Gasteiger partial charge in [0.15, 0.2) is 5.03 Å². The van der Waals surface area contributed by atoms with E-state index in [0.29, 0.717) is 16.8 Å². The molecule has 0 fully saturated rings. The molecule has 23 heavy (non-hydrogen) atoms. The molecule has 0 aliphatic heterocycles. The highest BCUT2D eigenvalue weighted by molar-refractivity contribution is 9.10. The molecule has 2 aromatic rings. The van der Waals surface area contributed by atoms with Crippen molar-refractivity contribution in [1.29, 1.82) is 0 Å². The molecule has 1 aromatic carbocycles. The summed E-state index contributed by atoms with van der Waals surface area (Å²) in [6.07, 6.45) is 1.41. The lowest BCUT2D eigenvalue weighted by molar-refractivity contribution is 0.0698. The highest BCUT2D eigenvalue weighted by Gasteiger charge is 2.22. The number of nitrogen functional groups attached to an aromatic ring is 1. The lowest BCUT2D eigenvalue weighted by Gasteiger charge is -2.11. The van der Waals surface area contributed by atoms with Gasteiger partial charge >= 0.3 is 5.97 Å². The molecule has 2 rings (SSSR count). The van der Waals surface area contributed by atoms with Gasteiger partial charge in [0.05, 0.1) is 16.9 Å². The second-order valence-corrected chi connectivity index (χ2v) is 7.28. The number of aryl methyl sites for hydroxylation is 2. The standard InChI is InChI=1S/C13H15BrN4O4S/c1-3-18-6-11(16-7(18)2)23(21,22)17-10-5-8(14)4-9(12(10)15)13(19)20/h4-6,17H,3,15H2,1-2H3,(H,19,20). The number of aromatic nitrogens is 2. The quantitative estimate of drug-likeness (QED) is 0.656. The number of aromatic carboxylic acids is 1. The zero-order valence-electron chi connectivity index (χ0n) is 12.4. The van der Waals surface area contributed by atoms with Crippen LogP contribution in [-0.4, -0.2) is 29.0 Å².